The number of aliphatic hydroxyl groups is 1. The highest BCUT2D eigenvalue weighted by atomic mass is 32.1. The summed E-state index contributed by atoms with van der Waals surface area (Å²) in [6.07, 6.45) is 8.78. The topological polar surface area (TPSA) is 79.7 Å². The molecule has 1 N–H and O–H groups in total. The molecule has 0 aromatic carbocycles. The van der Waals surface area contributed by atoms with E-state index < -0.39 is 23.5 Å². The number of hydrogen-bond donors (Lipinski definition) is 1. The van der Waals surface area contributed by atoms with E-state index in [0.717, 1.165) is 34.8 Å². The van der Waals surface area contributed by atoms with Crippen LogP contribution in [0.4, 0.5) is 0 Å². The Labute approximate surface area is 221 Å². The summed E-state index contributed by atoms with van der Waals surface area (Å²) in [7, 11) is 4.03. The average Bonchev–Trinajstić information content (AvgIpc) is 3.23. The number of cyclic esters (lactones) is 1. The first-order valence-electron chi connectivity index (χ1n) is 12.8. The second kappa shape index (κ2) is 13.5. The van der Waals surface area contributed by atoms with E-state index >= 15 is 0 Å². The smallest absolute Gasteiger partial charge is 0.306 e. The van der Waals surface area contributed by atoms with Crippen LogP contribution in [0.2, 0.25) is 0 Å². The second-order valence-corrected chi connectivity index (χ2v) is 12.0. The molecule has 0 saturated carbocycles. The van der Waals surface area contributed by atoms with Crippen LogP contribution in [0, 0.1) is 17.3 Å². The first kappa shape index (κ1) is 30.1. The van der Waals surface area contributed by atoms with E-state index in [1.54, 1.807) is 18.3 Å². The fraction of sp³-hybridized carbons (Fsp3) is 0.621. The highest BCUT2D eigenvalue weighted by molar-refractivity contribution is 7.09. The van der Waals surface area contributed by atoms with Gasteiger partial charge in [0.1, 0.15) is 16.9 Å². The van der Waals surface area contributed by atoms with Crippen LogP contribution in [0.3, 0.4) is 0 Å². The summed E-state index contributed by atoms with van der Waals surface area (Å²) < 4.78 is 5.94. The summed E-state index contributed by atoms with van der Waals surface area (Å²) in [5.41, 5.74) is 2.22. The van der Waals surface area contributed by atoms with Crippen LogP contribution in [0.15, 0.2) is 34.8 Å². The van der Waals surface area contributed by atoms with Crippen molar-refractivity contribution in [2.45, 2.75) is 86.0 Å². The summed E-state index contributed by atoms with van der Waals surface area (Å²) in [4.78, 5) is 32.8. The molecule has 0 fully saturated rings. The zero-order chi connectivity index (χ0) is 27.0. The number of esters is 1. The Morgan fingerprint density at radius 2 is 2.00 bits per heavy atom. The molecule has 0 aliphatic carbocycles. The maximum atomic E-state index is 13.2. The molecule has 4 atom stereocenters. The predicted molar refractivity (Wildman–Crippen MR) is 148 cm³/mol. The summed E-state index contributed by atoms with van der Waals surface area (Å²) >= 11 is 1.62. The number of allylic oxidation sites excluding steroid dienone is 2. The Morgan fingerprint density at radius 1 is 1.31 bits per heavy atom. The quantitative estimate of drug-likeness (QED) is 0.401. The van der Waals surface area contributed by atoms with Gasteiger partial charge in [0.15, 0.2) is 0 Å². The fourth-order valence-electron chi connectivity index (χ4n) is 4.34. The number of nitrogens with zero attached hydrogens (tertiary/aromatic N) is 2. The van der Waals surface area contributed by atoms with Gasteiger partial charge < -0.3 is 14.7 Å². The lowest BCUT2D eigenvalue weighted by molar-refractivity contribution is -0.148. The SMILES string of the molecule is C/C1=C/CC(/C(C)=C/c2csc(CN(C)C)n2)OC(=O)CCC(C)(C)C(=O)[C@H](C)C(O)C(C)/C=C/C1. The number of rotatable bonds is 4. The fourth-order valence-corrected chi connectivity index (χ4v) is 5.21. The number of ketones is 1. The van der Waals surface area contributed by atoms with Gasteiger partial charge in [0.2, 0.25) is 0 Å². The number of ether oxygens (including phenoxy) is 1. The van der Waals surface area contributed by atoms with E-state index in [2.05, 4.69) is 22.9 Å². The monoisotopic (exact) mass is 516 g/mol. The largest absolute Gasteiger partial charge is 0.457 e. The standard InChI is InChI=1S/C29H44N2O4S/c1-19-10-9-11-20(2)27(33)22(4)28(34)29(5,6)15-14-26(32)35-24(13-12-19)21(3)16-23-18-36-25(30-23)17-31(7)8/h9,11-12,16,18,20,22,24,27,33H,10,13-15,17H2,1-8H3/b11-9+,19-12-,21-16+/t20?,22-,24?,27?/m1/s1. The highest BCUT2D eigenvalue weighted by Crippen LogP contribution is 2.31. The average molecular weight is 517 g/mol. The molecule has 1 aromatic rings. The minimum absolute atomic E-state index is 0.0316. The van der Waals surface area contributed by atoms with E-state index in [1.165, 1.54) is 0 Å². The van der Waals surface area contributed by atoms with Crippen LogP contribution < -0.4 is 0 Å². The van der Waals surface area contributed by atoms with Gasteiger partial charge in [-0.3, -0.25) is 9.59 Å². The Bertz CT molecular complexity index is 989. The number of carbonyl (C=O) groups excluding carboxylic acids is 2. The van der Waals surface area contributed by atoms with Crippen molar-refractivity contribution in [1.82, 2.24) is 9.88 Å². The van der Waals surface area contributed by atoms with Crippen molar-refractivity contribution in [3.8, 4) is 0 Å². The van der Waals surface area contributed by atoms with E-state index in [9.17, 15) is 14.7 Å². The summed E-state index contributed by atoms with van der Waals surface area (Å²) in [6.45, 7) is 12.2. The predicted octanol–water partition coefficient (Wildman–Crippen LogP) is 5.82. The minimum atomic E-state index is -0.765. The van der Waals surface area contributed by atoms with Crippen molar-refractivity contribution in [2.75, 3.05) is 14.1 Å². The van der Waals surface area contributed by atoms with Gasteiger partial charge >= 0.3 is 5.97 Å². The third-order valence-electron chi connectivity index (χ3n) is 6.82. The molecule has 1 aliphatic rings. The molecular weight excluding hydrogens is 472 g/mol. The summed E-state index contributed by atoms with van der Waals surface area (Å²) in [5, 5.41) is 13.8. The van der Waals surface area contributed by atoms with Gasteiger partial charge in [0.25, 0.3) is 0 Å². The number of carbonyl (C=O) groups is 2. The zero-order valence-electron chi connectivity index (χ0n) is 23.2. The van der Waals surface area contributed by atoms with Crippen molar-refractivity contribution in [3.05, 3.63) is 45.5 Å². The molecule has 6 nitrogen and oxygen atoms in total. The number of aliphatic hydroxyl groups excluding tert-OH is 1. The van der Waals surface area contributed by atoms with Crippen LogP contribution in [-0.4, -0.2) is 53.0 Å². The van der Waals surface area contributed by atoms with Gasteiger partial charge in [-0.1, -0.05) is 51.5 Å². The molecule has 0 saturated heterocycles. The molecule has 0 spiro atoms. The van der Waals surface area contributed by atoms with E-state index in [4.69, 9.17) is 4.74 Å². The number of hydrogen-bond acceptors (Lipinski definition) is 7. The first-order valence-corrected chi connectivity index (χ1v) is 13.7. The van der Waals surface area contributed by atoms with Crippen LogP contribution in [0.5, 0.6) is 0 Å². The zero-order valence-corrected chi connectivity index (χ0v) is 24.0. The molecule has 7 heteroatoms. The molecule has 3 unspecified atom stereocenters. The van der Waals surface area contributed by atoms with E-state index in [-0.39, 0.29) is 24.1 Å². The molecule has 0 amide bonds. The van der Waals surface area contributed by atoms with Crippen molar-refractivity contribution >= 4 is 29.2 Å². The van der Waals surface area contributed by atoms with Crippen molar-refractivity contribution in [2.24, 2.45) is 17.3 Å². The van der Waals surface area contributed by atoms with E-state index in [1.807, 2.05) is 65.4 Å². The van der Waals surface area contributed by atoms with Gasteiger partial charge in [-0.2, -0.15) is 0 Å². The lowest BCUT2D eigenvalue weighted by atomic mass is 9.75. The Hall–Kier alpha value is -2.09. The molecule has 200 valence electrons. The Morgan fingerprint density at radius 3 is 2.67 bits per heavy atom. The summed E-state index contributed by atoms with van der Waals surface area (Å²) in [6, 6.07) is 0. The lowest BCUT2D eigenvalue weighted by Crippen LogP contribution is -2.38. The van der Waals surface area contributed by atoms with Gasteiger partial charge in [0.05, 0.1) is 11.8 Å². The van der Waals surface area contributed by atoms with Crippen LogP contribution in [0.1, 0.15) is 77.9 Å². The lowest BCUT2D eigenvalue weighted by Gasteiger charge is -2.30. The van der Waals surface area contributed by atoms with Crippen LogP contribution in [-0.2, 0) is 20.9 Å². The number of thiazole rings is 1. The molecular formula is C29H44N2O4S. The van der Waals surface area contributed by atoms with Gasteiger partial charge in [0, 0.05) is 42.0 Å². The normalized spacial score (nSPS) is 29.5. The highest BCUT2D eigenvalue weighted by Gasteiger charge is 2.36. The van der Waals surface area contributed by atoms with Crippen LogP contribution >= 0.6 is 11.3 Å². The Kier molecular flexibility index (Phi) is 11.3. The van der Waals surface area contributed by atoms with Crippen molar-refractivity contribution in [3.63, 3.8) is 0 Å². The van der Waals surface area contributed by atoms with Gasteiger partial charge in [-0.15, -0.1) is 11.3 Å². The molecule has 36 heavy (non-hydrogen) atoms. The molecule has 2 heterocycles. The molecule has 1 aliphatic heterocycles. The minimum Gasteiger partial charge on any atom is -0.457 e. The van der Waals surface area contributed by atoms with Crippen LogP contribution in [0.25, 0.3) is 6.08 Å². The third-order valence-corrected chi connectivity index (χ3v) is 7.68. The maximum absolute atomic E-state index is 13.2. The van der Waals surface area contributed by atoms with Gasteiger partial charge in [-0.25, -0.2) is 4.98 Å². The number of Topliss-reactive ketones (excluding diaryl/α,β-unsaturated/α-hetero) is 1. The summed E-state index contributed by atoms with van der Waals surface area (Å²) in [5.74, 6) is -1.01. The third kappa shape index (κ3) is 9.09. The Balaban J connectivity index is 2.30. The molecule has 2 rings (SSSR count). The van der Waals surface area contributed by atoms with Crippen molar-refractivity contribution in [1.29, 1.82) is 0 Å². The van der Waals surface area contributed by atoms with Crippen molar-refractivity contribution < 1.29 is 19.4 Å². The molecule has 1 aromatic heterocycles. The van der Waals surface area contributed by atoms with E-state index in [0.29, 0.717) is 12.8 Å². The second-order valence-electron chi connectivity index (χ2n) is 11.1. The maximum Gasteiger partial charge on any atom is 0.306 e. The van der Waals surface area contributed by atoms with Gasteiger partial charge in [-0.05, 0) is 52.4 Å². The number of aromatic nitrogens is 1. The first-order chi connectivity index (χ1) is 16.8. The molecule has 0 radical (unpaired) electrons. The molecule has 0 bridgehead atoms.